The third-order valence-electron chi connectivity index (χ3n) is 4.18. The van der Waals surface area contributed by atoms with Crippen LogP contribution in [0.5, 0.6) is 0 Å². The molecule has 0 fully saturated rings. The molecule has 1 aromatic carbocycles. The van der Waals surface area contributed by atoms with Crippen LogP contribution in [0.15, 0.2) is 30.5 Å². The molecule has 0 saturated carbocycles. The van der Waals surface area contributed by atoms with E-state index < -0.39 is 5.41 Å². The fourth-order valence-corrected chi connectivity index (χ4v) is 2.89. The molecular weight excluding hydrogens is 252 g/mol. The van der Waals surface area contributed by atoms with Gasteiger partial charge in [0.15, 0.2) is 0 Å². The van der Waals surface area contributed by atoms with Gasteiger partial charge in [0, 0.05) is 11.9 Å². The first-order valence-corrected chi connectivity index (χ1v) is 6.72. The van der Waals surface area contributed by atoms with Crippen LogP contribution in [-0.4, -0.2) is 10.9 Å². The Hall–Kier alpha value is -2.43. The summed E-state index contributed by atoms with van der Waals surface area (Å²) in [5.74, 6) is 0.0529. The zero-order chi connectivity index (χ0) is 13.9. The number of hydrogen-bond acceptors (Lipinski definition) is 3. The van der Waals surface area contributed by atoms with E-state index in [0.29, 0.717) is 0 Å². The molecule has 0 aliphatic carbocycles. The number of aromatic nitrogens is 1. The summed E-state index contributed by atoms with van der Waals surface area (Å²) in [4.78, 5) is 15.2. The molecule has 1 amide bonds. The molecular formula is C15H16N4O. The second-order valence-corrected chi connectivity index (χ2v) is 5.87. The van der Waals surface area contributed by atoms with Gasteiger partial charge in [0.25, 0.3) is 0 Å². The van der Waals surface area contributed by atoms with Crippen molar-refractivity contribution in [3.63, 3.8) is 0 Å². The summed E-state index contributed by atoms with van der Waals surface area (Å²) >= 11 is 0. The summed E-state index contributed by atoms with van der Waals surface area (Å²) in [7, 11) is 0. The number of benzene rings is 1. The minimum absolute atomic E-state index is 0.0429. The quantitative estimate of drug-likeness (QED) is 0.643. The van der Waals surface area contributed by atoms with E-state index in [1.807, 2.05) is 38.2 Å². The Kier molecular flexibility index (Phi) is 2.03. The normalized spacial score (nSPS) is 21.7. The summed E-state index contributed by atoms with van der Waals surface area (Å²) in [5, 5.41) is 9.81. The number of hydrogen-bond donors (Lipinski definition) is 4. The first-order chi connectivity index (χ1) is 9.55. The van der Waals surface area contributed by atoms with E-state index in [1.54, 1.807) is 0 Å². The third-order valence-corrected chi connectivity index (χ3v) is 4.18. The largest absolute Gasteiger partial charge is 0.362 e. The lowest BCUT2D eigenvalue weighted by Crippen LogP contribution is -2.26. The van der Waals surface area contributed by atoms with Gasteiger partial charge < -0.3 is 20.9 Å². The summed E-state index contributed by atoms with van der Waals surface area (Å²) in [6.45, 7) is 3.90. The smallest absolute Gasteiger partial charge is 0.234 e. The first-order valence-electron chi connectivity index (χ1n) is 6.72. The van der Waals surface area contributed by atoms with Gasteiger partial charge in [0.05, 0.1) is 22.5 Å². The first kappa shape index (κ1) is 11.4. The number of amides is 1. The molecule has 4 rings (SSSR count). The maximum atomic E-state index is 12.0. The van der Waals surface area contributed by atoms with Gasteiger partial charge in [-0.25, -0.2) is 0 Å². The maximum absolute atomic E-state index is 12.0. The minimum atomic E-state index is -0.476. The summed E-state index contributed by atoms with van der Waals surface area (Å²) in [6, 6.07) is 8.09. The number of aromatic amines is 1. The van der Waals surface area contributed by atoms with E-state index in [9.17, 15) is 4.79 Å². The highest BCUT2D eigenvalue weighted by Crippen LogP contribution is 2.45. The van der Waals surface area contributed by atoms with Crippen molar-refractivity contribution in [2.75, 3.05) is 16.0 Å². The average molecular weight is 268 g/mol. The standard InChI is InChI=1S/C15H16N4O/c1-15(2)8-6-11-12(7-10(8)19-14(15)20)18-13(17-11)9-4-3-5-16-9/h3-7,13,16-18H,1-2H3,(H,19,20). The number of carbonyl (C=O) groups excluding carboxylic acids is 1. The third kappa shape index (κ3) is 1.40. The van der Waals surface area contributed by atoms with E-state index in [-0.39, 0.29) is 12.1 Å². The van der Waals surface area contributed by atoms with Crippen molar-refractivity contribution in [3.05, 3.63) is 41.7 Å². The molecule has 1 atom stereocenters. The lowest BCUT2D eigenvalue weighted by molar-refractivity contribution is -0.119. The average Bonchev–Trinajstić information content (AvgIpc) is 3.08. The number of rotatable bonds is 1. The second-order valence-electron chi connectivity index (χ2n) is 5.87. The fraction of sp³-hybridized carbons (Fsp3) is 0.267. The number of nitrogens with one attached hydrogen (secondary N) is 4. The predicted octanol–water partition coefficient (Wildman–Crippen LogP) is 2.78. The molecule has 102 valence electrons. The Morgan fingerprint density at radius 1 is 1.10 bits per heavy atom. The number of fused-ring (bicyclic) bond motifs is 2. The van der Waals surface area contributed by atoms with Gasteiger partial charge in [0.1, 0.15) is 6.17 Å². The zero-order valence-corrected chi connectivity index (χ0v) is 11.4. The van der Waals surface area contributed by atoms with Gasteiger partial charge in [-0.05, 0) is 43.7 Å². The number of carbonyl (C=O) groups is 1. The van der Waals surface area contributed by atoms with E-state index in [0.717, 1.165) is 28.3 Å². The van der Waals surface area contributed by atoms with Gasteiger partial charge in [-0.2, -0.15) is 0 Å². The highest BCUT2D eigenvalue weighted by molar-refractivity contribution is 6.07. The summed E-state index contributed by atoms with van der Waals surface area (Å²) in [6.07, 6.45) is 1.95. The van der Waals surface area contributed by atoms with Crippen LogP contribution in [0.25, 0.3) is 0 Å². The fourth-order valence-electron chi connectivity index (χ4n) is 2.89. The Morgan fingerprint density at radius 3 is 2.55 bits per heavy atom. The monoisotopic (exact) mass is 268 g/mol. The Bertz CT molecular complexity index is 703. The predicted molar refractivity (Wildman–Crippen MR) is 78.9 cm³/mol. The maximum Gasteiger partial charge on any atom is 0.234 e. The molecule has 5 heteroatoms. The van der Waals surface area contributed by atoms with Crippen LogP contribution in [-0.2, 0) is 10.2 Å². The minimum Gasteiger partial charge on any atom is -0.362 e. The zero-order valence-electron chi connectivity index (χ0n) is 11.4. The number of anilines is 3. The van der Waals surface area contributed by atoms with Gasteiger partial charge in [-0.15, -0.1) is 0 Å². The summed E-state index contributed by atoms with van der Waals surface area (Å²) in [5.41, 5.74) is 4.61. The molecule has 2 aromatic rings. The molecule has 2 aliphatic rings. The highest BCUT2D eigenvalue weighted by atomic mass is 16.2. The van der Waals surface area contributed by atoms with Crippen LogP contribution in [0.1, 0.15) is 31.3 Å². The van der Waals surface area contributed by atoms with Crippen LogP contribution in [0.2, 0.25) is 0 Å². The van der Waals surface area contributed by atoms with Gasteiger partial charge in [0.2, 0.25) is 5.91 Å². The lowest BCUT2D eigenvalue weighted by Gasteiger charge is -2.15. The molecule has 4 N–H and O–H groups in total. The van der Waals surface area contributed by atoms with E-state index in [2.05, 4.69) is 27.0 Å². The molecule has 20 heavy (non-hydrogen) atoms. The molecule has 5 nitrogen and oxygen atoms in total. The van der Waals surface area contributed by atoms with E-state index in [4.69, 9.17) is 0 Å². The summed E-state index contributed by atoms with van der Waals surface area (Å²) < 4.78 is 0. The van der Waals surface area contributed by atoms with Crippen molar-refractivity contribution in [1.29, 1.82) is 0 Å². The van der Waals surface area contributed by atoms with Crippen LogP contribution >= 0.6 is 0 Å². The lowest BCUT2D eigenvalue weighted by atomic mass is 9.86. The Labute approximate surface area is 116 Å². The molecule has 3 heterocycles. The molecule has 0 spiro atoms. The Balaban J connectivity index is 1.74. The van der Waals surface area contributed by atoms with Crippen LogP contribution in [0, 0.1) is 0 Å². The highest BCUT2D eigenvalue weighted by Gasteiger charge is 2.39. The van der Waals surface area contributed by atoms with Crippen molar-refractivity contribution in [2.45, 2.75) is 25.4 Å². The molecule has 2 aliphatic heterocycles. The van der Waals surface area contributed by atoms with Crippen molar-refractivity contribution in [3.8, 4) is 0 Å². The van der Waals surface area contributed by atoms with Crippen molar-refractivity contribution >= 4 is 23.0 Å². The molecule has 0 bridgehead atoms. The van der Waals surface area contributed by atoms with Gasteiger partial charge >= 0.3 is 0 Å². The van der Waals surface area contributed by atoms with Crippen molar-refractivity contribution in [2.24, 2.45) is 0 Å². The van der Waals surface area contributed by atoms with Crippen molar-refractivity contribution in [1.82, 2.24) is 4.98 Å². The van der Waals surface area contributed by atoms with Crippen LogP contribution in [0.3, 0.4) is 0 Å². The molecule has 0 saturated heterocycles. The SMILES string of the molecule is CC1(C)C(=O)Nc2cc3c(cc21)NC(c1ccc[nH]1)N3. The number of H-pyrrole nitrogens is 1. The van der Waals surface area contributed by atoms with Crippen molar-refractivity contribution < 1.29 is 4.79 Å². The van der Waals surface area contributed by atoms with E-state index in [1.165, 1.54) is 0 Å². The van der Waals surface area contributed by atoms with Gasteiger partial charge in [-0.1, -0.05) is 0 Å². The van der Waals surface area contributed by atoms with E-state index >= 15 is 0 Å². The Morgan fingerprint density at radius 2 is 1.85 bits per heavy atom. The molecule has 1 unspecified atom stereocenters. The van der Waals surface area contributed by atoms with Gasteiger partial charge in [-0.3, -0.25) is 4.79 Å². The topological polar surface area (TPSA) is 69.0 Å². The molecule has 1 aromatic heterocycles. The van der Waals surface area contributed by atoms with Crippen LogP contribution in [0.4, 0.5) is 17.1 Å². The van der Waals surface area contributed by atoms with Crippen LogP contribution < -0.4 is 16.0 Å². The second kappa shape index (κ2) is 3.56. The molecule has 0 radical (unpaired) electrons.